The van der Waals surface area contributed by atoms with E-state index in [0.29, 0.717) is 32.1 Å². The third kappa shape index (κ3) is 5.98. The fraction of sp³-hybridized carbons (Fsp3) is 0.464. The monoisotopic (exact) mass is 517 g/mol. The molecule has 2 aromatic rings. The molecule has 10 nitrogen and oxygen atoms in total. The Balaban J connectivity index is 1.60. The quantitative estimate of drug-likeness (QED) is 0.265. The van der Waals surface area contributed by atoms with Gasteiger partial charge in [0.05, 0.1) is 12.1 Å². The molecule has 2 fully saturated rings. The van der Waals surface area contributed by atoms with Crippen molar-refractivity contribution in [2.75, 3.05) is 6.54 Å². The lowest BCUT2D eigenvalue weighted by Crippen LogP contribution is -2.58. The topological polar surface area (TPSA) is 153 Å². The van der Waals surface area contributed by atoms with E-state index in [0.717, 1.165) is 11.1 Å². The zero-order valence-corrected chi connectivity index (χ0v) is 21.6. The van der Waals surface area contributed by atoms with E-state index in [1.807, 2.05) is 60.7 Å². The fourth-order valence-corrected chi connectivity index (χ4v) is 5.54. The van der Waals surface area contributed by atoms with E-state index in [-0.39, 0.29) is 36.4 Å². The van der Waals surface area contributed by atoms with E-state index in [1.54, 1.807) is 11.8 Å². The molecule has 2 aliphatic rings. The zero-order valence-electron chi connectivity index (χ0n) is 21.6. The van der Waals surface area contributed by atoms with Crippen LogP contribution in [-0.4, -0.2) is 53.3 Å². The number of hydrogen-bond donors (Lipinski definition) is 3. The van der Waals surface area contributed by atoms with Gasteiger partial charge in [0.1, 0.15) is 12.1 Å². The average molecular weight is 518 g/mol. The number of hydrogen-bond acceptors (Lipinski definition) is 5. The molecule has 200 valence electrons. The summed E-state index contributed by atoms with van der Waals surface area (Å²) in [5.74, 6) is -1.36. The summed E-state index contributed by atoms with van der Waals surface area (Å²) >= 11 is 0. The van der Waals surface area contributed by atoms with Crippen molar-refractivity contribution in [1.29, 1.82) is 0 Å². The Kier molecular flexibility index (Phi) is 8.99. The lowest BCUT2D eigenvalue weighted by atomic mass is 9.93. The molecular formula is C28H35N7O3. The molecule has 2 saturated heterocycles. The minimum Gasteiger partial charge on any atom is -0.343 e. The highest BCUT2D eigenvalue weighted by atomic mass is 16.2. The van der Waals surface area contributed by atoms with Crippen molar-refractivity contribution in [3.63, 3.8) is 0 Å². The summed E-state index contributed by atoms with van der Waals surface area (Å²) < 4.78 is 0. The molecule has 0 radical (unpaired) electrons. The van der Waals surface area contributed by atoms with Crippen molar-refractivity contribution in [3.8, 4) is 0 Å². The highest BCUT2D eigenvalue weighted by Crippen LogP contribution is 2.35. The van der Waals surface area contributed by atoms with Crippen LogP contribution in [0.25, 0.3) is 10.4 Å². The van der Waals surface area contributed by atoms with Gasteiger partial charge in [-0.15, -0.1) is 0 Å². The van der Waals surface area contributed by atoms with Crippen LogP contribution in [0.3, 0.4) is 0 Å². The van der Waals surface area contributed by atoms with Crippen LogP contribution in [0.5, 0.6) is 0 Å². The van der Waals surface area contributed by atoms with Gasteiger partial charge in [-0.25, -0.2) is 0 Å². The number of carbonyl (C=O) groups is 3. The molecule has 0 unspecified atom stereocenters. The van der Waals surface area contributed by atoms with Crippen LogP contribution >= 0.6 is 0 Å². The molecule has 2 aliphatic heterocycles. The maximum Gasteiger partial charge on any atom is 0.246 e. The summed E-state index contributed by atoms with van der Waals surface area (Å²) in [5, 5.41) is 9.70. The highest BCUT2D eigenvalue weighted by Gasteiger charge is 2.47. The zero-order chi connectivity index (χ0) is 27.1. The van der Waals surface area contributed by atoms with Crippen LogP contribution < -0.4 is 16.4 Å². The van der Waals surface area contributed by atoms with Crippen molar-refractivity contribution in [2.45, 2.75) is 69.2 Å². The van der Waals surface area contributed by atoms with Gasteiger partial charge in [0, 0.05) is 17.5 Å². The van der Waals surface area contributed by atoms with Gasteiger partial charge in [-0.05, 0) is 54.7 Å². The van der Waals surface area contributed by atoms with E-state index in [9.17, 15) is 14.4 Å². The van der Waals surface area contributed by atoms with Gasteiger partial charge in [0.15, 0.2) is 0 Å². The summed E-state index contributed by atoms with van der Waals surface area (Å²) in [6.07, 6.45) is 2.89. The number of nitrogens with one attached hydrogen (secondary N) is 2. The third-order valence-electron chi connectivity index (χ3n) is 7.67. The molecule has 4 N–H and O–H groups in total. The first kappa shape index (κ1) is 27.2. The molecule has 4 rings (SSSR count). The predicted molar refractivity (Wildman–Crippen MR) is 143 cm³/mol. The second-order valence-electron chi connectivity index (χ2n) is 10.0. The Morgan fingerprint density at radius 2 is 1.66 bits per heavy atom. The number of nitrogens with two attached hydrogens (primary N) is 1. The van der Waals surface area contributed by atoms with E-state index in [1.165, 1.54) is 0 Å². The SMILES string of the molecule is CC[C@H](N)C(=O)N[C@@H]1C(=O)N2[C@@H](CC[C@@H]1CN=[N+]=[N-])CC[C@H]2C(=O)NC(c1ccccc1)c1ccccc1. The molecular weight excluding hydrogens is 482 g/mol. The number of amides is 3. The molecule has 0 aromatic heterocycles. The molecule has 5 atom stereocenters. The Morgan fingerprint density at radius 1 is 1.05 bits per heavy atom. The first-order valence-corrected chi connectivity index (χ1v) is 13.2. The minimum absolute atomic E-state index is 0.0794. The van der Waals surface area contributed by atoms with Crippen molar-refractivity contribution < 1.29 is 14.4 Å². The van der Waals surface area contributed by atoms with E-state index >= 15 is 0 Å². The second-order valence-corrected chi connectivity index (χ2v) is 10.0. The Morgan fingerprint density at radius 3 is 2.24 bits per heavy atom. The fourth-order valence-electron chi connectivity index (χ4n) is 5.54. The van der Waals surface area contributed by atoms with Crippen LogP contribution in [0.1, 0.15) is 56.2 Å². The normalized spacial score (nSPS) is 23.7. The molecule has 0 spiro atoms. The van der Waals surface area contributed by atoms with Crippen molar-refractivity contribution in [1.82, 2.24) is 15.5 Å². The molecule has 2 heterocycles. The number of carbonyl (C=O) groups excluding carboxylic acids is 3. The van der Waals surface area contributed by atoms with Gasteiger partial charge in [0.2, 0.25) is 17.7 Å². The lowest BCUT2D eigenvalue weighted by molar-refractivity contribution is -0.143. The van der Waals surface area contributed by atoms with Gasteiger partial charge >= 0.3 is 0 Å². The summed E-state index contributed by atoms with van der Waals surface area (Å²) in [7, 11) is 0. The van der Waals surface area contributed by atoms with Crippen LogP contribution in [0, 0.1) is 5.92 Å². The number of fused-ring (bicyclic) bond motifs is 1. The number of benzene rings is 2. The summed E-state index contributed by atoms with van der Waals surface area (Å²) in [6.45, 7) is 1.87. The van der Waals surface area contributed by atoms with E-state index < -0.39 is 24.0 Å². The van der Waals surface area contributed by atoms with Gasteiger partial charge in [-0.1, -0.05) is 72.7 Å². The molecule has 3 amide bonds. The number of rotatable bonds is 9. The average Bonchev–Trinajstić information content (AvgIpc) is 3.34. The lowest BCUT2D eigenvalue weighted by Gasteiger charge is -2.33. The molecule has 0 bridgehead atoms. The first-order valence-electron chi connectivity index (χ1n) is 13.2. The van der Waals surface area contributed by atoms with Crippen LogP contribution in [-0.2, 0) is 14.4 Å². The molecule has 0 saturated carbocycles. The van der Waals surface area contributed by atoms with Crippen LogP contribution in [0.2, 0.25) is 0 Å². The number of nitrogens with zero attached hydrogens (tertiary/aromatic N) is 4. The van der Waals surface area contributed by atoms with Gasteiger partial charge in [-0.2, -0.15) is 0 Å². The minimum atomic E-state index is -0.914. The van der Waals surface area contributed by atoms with E-state index in [4.69, 9.17) is 11.3 Å². The third-order valence-corrected chi connectivity index (χ3v) is 7.67. The van der Waals surface area contributed by atoms with Gasteiger partial charge in [0.25, 0.3) is 0 Å². The molecule has 0 aliphatic carbocycles. The van der Waals surface area contributed by atoms with Crippen LogP contribution in [0.4, 0.5) is 0 Å². The molecule has 38 heavy (non-hydrogen) atoms. The Labute approximate surface area is 222 Å². The van der Waals surface area contributed by atoms with E-state index in [2.05, 4.69) is 20.7 Å². The van der Waals surface area contributed by atoms with Crippen LogP contribution in [0.15, 0.2) is 65.8 Å². The van der Waals surface area contributed by atoms with Crippen molar-refractivity contribution >= 4 is 17.7 Å². The first-order chi connectivity index (χ1) is 18.4. The standard InChI is InChI=1S/C28H35N7O3/c1-2-22(29)26(36)33-25-20(17-31-34-30)13-14-21-15-16-23(35(21)28(25)38)27(37)32-24(18-9-5-3-6-10-18)19-11-7-4-8-12-19/h3-12,20-25H,2,13-17,29H2,1H3,(H,32,37)(H,33,36)/t20-,21+,22+,23+,25+/m1/s1. The second kappa shape index (κ2) is 12.6. The molecule has 10 heteroatoms. The van der Waals surface area contributed by atoms with Gasteiger partial charge in [-0.3, -0.25) is 14.4 Å². The van der Waals surface area contributed by atoms with Gasteiger partial charge < -0.3 is 21.3 Å². The summed E-state index contributed by atoms with van der Waals surface area (Å²) in [4.78, 5) is 44.9. The smallest absolute Gasteiger partial charge is 0.246 e. The Bertz CT molecular complexity index is 1130. The Hall–Kier alpha value is -3.88. The maximum atomic E-state index is 13.9. The summed E-state index contributed by atoms with van der Waals surface area (Å²) in [5.41, 5.74) is 16.7. The summed E-state index contributed by atoms with van der Waals surface area (Å²) in [6, 6.07) is 16.6. The highest BCUT2D eigenvalue weighted by molar-refractivity contribution is 5.94. The molecule has 2 aromatic carbocycles. The largest absolute Gasteiger partial charge is 0.343 e. The maximum absolute atomic E-state index is 13.9. The number of azide groups is 1. The predicted octanol–water partition coefficient (Wildman–Crippen LogP) is 3.19. The van der Waals surface area contributed by atoms with Crippen molar-refractivity contribution in [3.05, 3.63) is 82.2 Å². The van der Waals surface area contributed by atoms with Crippen molar-refractivity contribution in [2.24, 2.45) is 16.8 Å².